The Labute approximate surface area is 88.4 Å². The number of phenols is 2. The smallest absolute Gasteiger partial charge is 0.341 e. The molecule has 0 bridgehead atoms. The second-order valence-electron chi connectivity index (χ2n) is 3.25. The molecule has 0 radical (unpaired) electrons. The fraction of sp³-hybridized carbons (Fsp3) is 0. The van der Waals surface area contributed by atoms with Crippen molar-refractivity contribution in [3.05, 3.63) is 34.1 Å². The molecule has 1 heterocycles. The molecule has 2 aromatic rings. The molecule has 1 aromatic carbocycles. The number of aromatic hydroxyl groups is 2. The van der Waals surface area contributed by atoms with Crippen LogP contribution in [0.2, 0.25) is 0 Å². The standard InChI is InChI=1S/C10H7NO5/c12-7-2-4-1-5(10(15)16)9(14)11-6(4)3-8(7)13/h1-3,12-13H,(H,11,14)(H,15,16). The van der Waals surface area contributed by atoms with Crippen molar-refractivity contribution in [2.24, 2.45) is 0 Å². The quantitative estimate of drug-likeness (QED) is 0.528. The summed E-state index contributed by atoms with van der Waals surface area (Å²) in [7, 11) is 0. The first-order chi connectivity index (χ1) is 7.49. The minimum absolute atomic E-state index is 0.255. The lowest BCUT2D eigenvalue weighted by Crippen LogP contribution is -2.16. The Morgan fingerprint density at radius 1 is 1.12 bits per heavy atom. The molecule has 0 saturated heterocycles. The van der Waals surface area contributed by atoms with Gasteiger partial charge in [-0.3, -0.25) is 4.79 Å². The number of aromatic carboxylic acids is 1. The second-order valence-corrected chi connectivity index (χ2v) is 3.25. The van der Waals surface area contributed by atoms with Gasteiger partial charge in [-0.25, -0.2) is 4.79 Å². The van der Waals surface area contributed by atoms with E-state index in [-0.39, 0.29) is 17.0 Å². The Morgan fingerprint density at radius 2 is 1.75 bits per heavy atom. The molecule has 1 aromatic heterocycles. The fourth-order valence-corrected chi connectivity index (χ4v) is 1.39. The molecule has 0 aliphatic heterocycles. The number of rotatable bonds is 1. The molecule has 0 fully saturated rings. The molecule has 16 heavy (non-hydrogen) atoms. The van der Waals surface area contributed by atoms with Gasteiger partial charge in [0, 0.05) is 11.5 Å². The van der Waals surface area contributed by atoms with Gasteiger partial charge in [0.25, 0.3) is 5.56 Å². The summed E-state index contributed by atoms with van der Waals surface area (Å²) in [4.78, 5) is 24.3. The van der Waals surface area contributed by atoms with Gasteiger partial charge in [0.2, 0.25) is 0 Å². The number of pyridine rings is 1. The first-order valence-electron chi connectivity index (χ1n) is 4.31. The molecule has 0 unspecified atom stereocenters. The number of hydrogen-bond acceptors (Lipinski definition) is 4. The summed E-state index contributed by atoms with van der Waals surface area (Å²) in [5, 5.41) is 27.5. The van der Waals surface area contributed by atoms with Gasteiger partial charge in [-0.2, -0.15) is 0 Å². The van der Waals surface area contributed by atoms with Crippen LogP contribution in [-0.2, 0) is 0 Å². The van der Waals surface area contributed by atoms with E-state index in [9.17, 15) is 19.8 Å². The van der Waals surface area contributed by atoms with Crippen LogP contribution >= 0.6 is 0 Å². The van der Waals surface area contributed by atoms with Crippen molar-refractivity contribution in [1.29, 1.82) is 0 Å². The van der Waals surface area contributed by atoms with Crippen LogP contribution in [0.4, 0.5) is 0 Å². The highest BCUT2D eigenvalue weighted by Crippen LogP contribution is 2.28. The summed E-state index contributed by atoms with van der Waals surface area (Å²) in [6.07, 6.45) is 0. The van der Waals surface area contributed by atoms with Crippen molar-refractivity contribution in [3.8, 4) is 11.5 Å². The molecular weight excluding hydrogens is 214 g/mol. The minimum atomic E-state index is -1.35. The number of phenolic OH excluding ortho intramolecular Hbond substituents is 2. The summed E-state index contributed by atoms with van der Waals surface area (Å²) in [6, 6.07) is 3.46. The molecule has 4 N–H and O–H groups in total. The van der Waals surface area contributed by atoms with Crippen LogP contribution in [0.3, 0.4) is 0 Å². The van der Waals surface area contributed by atoms with Gasteiger partial charge in [0.15, 0.2) is 11.5 Å². The van der Waals surface area contributed by atoms with Crippen LogP contribution < -0.4 is 5.56 Å². The maximum atomic E-state index is 11.3. The SMILES string of the molecule is O=C(O)c1cc2cc(O)c(O)cc2[nH]c1=O. The van der Waals surface area contributed by atoms with Gasteiger partial charge < -0.3 is 20.3 Å². The van der Waals surface area contributed by atoms with Gasteiger partial charge in [0.1, 0.15) is 5.56 Å². The van der Waals surface area contributed by atoms with Gasteiger partial charge in [-0.1, -0.05) is 0 Å². The number of aromatic nitrogens is 1. The Hall–Kier alpha value is -2.50. The van der Waals surface area contributed by atoms with E-state index in [2.05, 4.69) is 4.98 Å². The van der Waals surface area contributed by atoms with Crippen molar-refractivity contribution in [2.45, 2.75) is 0 Å². The summed E-state index contributed by atoms with van der Waals surface area (Å²) >= 11 is 0. The molecule has 0 spiro atoms. The molecule has 6 heteroatoms. The summed E-state index contributed by atoms with van der Waals surface area (Å²) < 4.78 is 0. The molecule has 0 aliphatic rings. The van der Waals surface area contributed by atoms with Gasteiger partial charge >= 0.3 is 5.97 Å². The van der Waals surface area contributed by atoms with E-state index in [1.54, 1.807) is 0 Å². The van der Waals surface area contributed by atoms with Crippen LogP contribution in [0.5, 0.6) is 11.5 Å². The van der Waals surface area contributed by atoms with Crippen LogP contribution in [0, 0.1) is 0 Å². The molecule has 0 aliphatic carbocycles. The molecule has 0 amide bonds. The van der Waals surface area contributed by atoms with Crippen molar-refractivity contribution in [2.75, 3.05) is 0 Å². The normalized spacial score (nSPS) is 10.5. The summed E-state index contributed by atoms with van der Waals surface area (Å²) in [5.41, 5.74) is -0.923. The lowest BCUT2D eigenvalue weighted by molar-refractivity contribution is 0.0695. The average molecular weight is 221 g/mol. The second kappa shape index (κ2) is 3.27. The predicted octanol–water partition coefficient (Wildman–Crippen LogP) is 0.637. The lowest BCUT2D eigenvalue weighted by atomic mass is 10.1. The van der Waals surface area contributed by atoms with Gasteiger partial charge in [-0.05, 0) is 12.1 Å². The Balaban J connectivity index is 2.85. The number of nitrogens with one attached hydrogen (secondary N) is 1. The number of carboxylic acid groups (broad SMARTS) is 1. The maximum absolute atomic E-state index is 11.3. The highest BCUT2D eigenvalue weighted by atomic mass is 16.4. The Morgan fingerprint density at radius 3 is 2.38 bits per heavy atom. The van der Waals surface area contributed by atoms with E-state index < -0.39 is 17.1 Å². The zero-order valence-electron chi connectivity index (χ0n) is 7.89. The van der Waals surface area contributed by atoms with Crippen molar-refractivity contribution in [3.63, 3.8) is 0 Å². The van der Waals surface area contributed by atoms with E-state index >= 15 is 0 Å². The van der Waals surface area contributed by atoms with Crippen molar-refractivity contribution >= 4 is 16.9 Å². The van der Waals surface area contributed by atoms with E-state index in [1.165, 1.54) is 6.07 Å². The monoisotopic (exact) mass is 221 g/mol. The van der Waals surface area contributed by atoms with Gasteiger partial charge in [-0.15, -0.1) is 0 Å². The average Bonchev–Trinajstić information content (AvgIpc) is 2.19. The molecule has 0 saturated carbocycles. The van der Waals surface area contributed by atoms with Crippen molar-refractivity contribution in [1.82, 2.24) is 4.98 Å². The first kappa shape index (κ1) is 10.0. The minimum Gasteiger partial charge on any atom is -0.504 e. The zero-order chi connectivity index (χ0) is 11.9. The lowest BCUT2D eigenvalue weighted by Gasteiger charge is -2.02. The maximum Gasteiger partial charge on any atom is 0.341 e. The molecule has 82 valence electrons. The molecule has 6 nitrogen and oxygen atoms in total. The van der Waals surface area contributed by atoms with Crippen LogP contribution in [0.25, 0.3) is 10.9 Å². The highest BCUT2D eigenvalue weighted by molar-refractivity contribution is 5.93. The number of benzene rings is 1. The summed E-state index contributed by atoms with van der Waals surface area (Å²) in [6.45, 7) is 0. The third kappa shape index (κ3) is 1.46. The number of H-pyrrole nitrogens is 1. The predicted molar refractivity (Wildman–Crippen MR) is 54.9 cm³/mol. The Kier molecular flexibility index (Phi) is 2.05. The third-order valence-corrected chi connectivity index (χ3v) is 2.17. The van der Waals surface area contributed by atoms with E-state index in [0.29, 0.717) is 5.39 Å². The fourth-order valence-electron chi connectivity index (χ4n) is 1.39. The molecule has 2 rings (SSSR count). The van der Waals surface area contributed by atoms with Crippen LogP contribution in [0.15, 0.2) is 23.0 Å². The zero-order valence-corrected chi connectivity index (χ0v) is 7.89. The van der Waals surface area contributed by atoms with E-state index in [0.717, 1.165) is 12.1 Å². The van der Waals surface area contributed by atoms with E-state index in [1.807, 2.05) is 0 Å². The Bertz CT molecular complexity index is 643. The topological polar surface area (TPSA) is 111 Å². The van der Waals surface area contributed by atoms with Crippen LogP contribution in [0.1, 0.15) is 10.4 Å². The molecule has 0 atom stereocenters. The first-order valence-corrected chi connectivity index (χ1v) is 4.31. The number of aromatic amines is 1. The highest BCUT2D eigenvalue weighted by Gasteiger charge is 2.11. The number of carbonyl (C=O) groups is 1. The van der Waals surface area contributed by atoms with Gasteiger partial charge in [0.05, 0.1) is 5.52 Å². The third-order valence-electron chi connectivity index (χ3n) is 2.17. The molecular formula is C10H7NO5. The summed E-state index contributed by atoms with van der Waals surface area (Å²) in [5.74, 6) is -2.11. The largest absolute Gasteiger partial charge is 0.504 e. The van der Waals surface area contributed by atoms with Crippen LogP contribution in [-0.4, -0.2) is 26.3 Å². The van der Waals surface area contributed by atoms with E-state index in [4.69, 9.17) is 5.11 Å². The number of carboxylic acids is 1. The number of hydrogen-bond donors (Lipinski definition) is 4. The number of fused-ring (bicyclic) bond motifs is 1. The van der Waals surface area contributed by atoms with Crippen molar-refractivity contribution < 1.29 is 20.1 Å².